The van der Waals surface area contributed by atoms with E-state index in [1.165, 1.54) is 55.6 Å². The number of H-pyrrole nitrogens is 1. The van der Waals surface area contributed by atoms with Crippen molar-refractivity contribution in [2.75, 3.05) is 5.32 Å². The summed E-state index contributed by atoms with van der Waals surface area (Å²) in [6.07, 6.45) is 8.04. The molecule has 0 radical (unpaired) electrons. The summed E-state index contributed by atoms with van der Waals surface area (Å²) in [6.45, 7) is 0.0690. The minimum atomic E-state index is -0.163. The van der Waals surface area contributed by atoms with Crippen LogP contribution in [0.2, 0.25) is 5.02 Å². The number of nitrogens with zero attached hydrogens (tertiary/aromatic N) is 3. The molecule has 0 atom stereocenters. The van der Waals surface area contributed by atoms with E-state index < -0.39 is 0 Å². The topological polar surface area (TPSA) is 75.6 Å². The minimum absolute atomic E-state index is 0.0690. The van der Waals surface area contributed by atoms with Crippen LogP contribution in [0.15, 0.2) is 29.6 Å². The number of thiazole rings is 1. The first-order valence-electron chi connectivity index (χ1n) is 11.1. The predicted octanol–water partition coefficient (Wildman–Crippen LogP) is 5.82. The maximum absolute atomic E-state index is 12.9. The Balaban J connectivity index is 1.18. The van der Waals surface area contributed by atoms with Crippen LogP contribution in [0.5, 0.6) is 0 Å². The fourth-order valence-corrected chi connectivity index (χ4v) is 7.76. The van der Waals surface area contributed by atoms with Gasteiger partial charge in [0.2, 0.25) is 5.91 Å². The summed E-state index contributed by atoms with van der Waals surface area (Å²) in [6, 6.07) is 7.31. The van der Waals surface area contributed by atoms with E-state index in [1.54, 1.807) is 16.7 Å². The van der Waals surface area contributed by atoms with E-state index in [4.69, 9.17) is 28.8 Å². The van der Waals surface area contributed by atoms with Crippen LogP contribution in [0.3, 0.4) is 0 Å². The summed E-state index contributed by atoms with van der Waals surface area (Å²) in [5.74, 6) is 3.06. The van der Waals surface area contributed by atoms with Gasteiger partial charge in [-0.2, -0.15) is 5.10 Å². The number of anilines is 1. The number of nitrogens with one attached hydrogen (secondary N) is 2. The largest absolute Gasteiger partial charge is 0.300 e. The molecule has 2 N–H and O–H groups in total. The number of carbonyl (C=O) groups is 1. The number of benzene rings is 1. The number of hydrogen-bond donors (Lipinski definition) is 2. The van der Waals surface area contributed by atoms with E-state index in [2.05, 4.69) is 20.9 Å². The molecule has 1 aromatic carbocycles. The molecule has 0 saturated heterocycles. The van der Waals surface area contributed by atoms with E-state index in [1.807, 2.05) is 12.1 Å². The molecule has 4 aliphatic carbocycles. The summed E-state index contributed by atoms with van der Waals surface area (Å²) >= 11 is 12.9. The zero-order valence-electron chi connectivity index (χ0n) is 17.5. The lowest BCUT2D eigenvalue weighted by molar-refractivity contribution is -0.116. The normalized spacial score (nSPS) is 28.2. The Morgan fingerprint density at radius 3 is 2.50 bits per heavy atom. The van der Waals surface area contributed by atoms with Crippen molar-refractivity contribution in [3.63, 3.8) is 0 Å². The van der Waals surface area contributed by atoms with E-state index >= 15 is 0 Å². The number of rotatable bonds is 5. The first kappa shape index (κ1) is 20.6. The van der Waals surface area contributed by atoms with Crippen LogP contribution in [-0.4, -0.2) is 25.7 Å². The molecular weight excluding hydrogens is 462 g/mol. The van der Waals surface area contributed by atoms with Crippen LogP contribution in [0.1, 0.15) is 44.2 Å². The fourth-order valence-electron chi connectivity index (χ4n) is 6.59. The second-order valence-corrected chi connectivity index (χ2v) is 11.4. The van der Waals surface area contributed by atoms with Crippen LogP contribution in [0, 0.1) is 22.5 Å². The Kier molecular flexibility index (Phi) is 5.00. The molecule has 7 rings (SSSR count). The molecule has 6 nitrogen and oxygen atoms in total. The number of amides is 1. The van der Waals surface area contributed by atoms with E-state index in [-0.39, 0.29) is 17.9 Å². The maximum atomic E-state index is 12.9. The highest BCUT2D eigenvalue weighted by Gasteiger charge is 2.52. The number of carbonyl (C=O) groups excluding carboxylic acids is 1. The maximum Gasteiger partial charge on any atom is 0.246 e. The van der Waals surface area contributed by atoms with Crippen molar-refractivity contribution in [1.82, 2.24) is 19.7 Å². The molecule has 0 unspecified atom stereocenters. The average Bonchev–Trinajstić information content (AvgIpc) is 3.36. The van der Waals surface area contributed by atoms with Crippen molar-refractivity contribution in [2.24, 2.45) is 17.8 Å². The van der Waals surface area contributed by atoms with Gasteiger partial charge in [-0.15, -0.1) is 11.3 Å². The van der Waals surface area contributed by atoms with Crippen LogP contribution >= 0.6 is 35.2 Å². The van der Waals surface area contributed by atoms with E-state index in [0.29, 0.717) is 20.7 Å². The lowest BCUT2D eigenvalue weighted by Crippen LogP contribution is -2.48. The van der Waals surface area contributed by atoms with Crippen molar-refractivity contribution in [1.29, 1.82) is 0 Å². The van der Waals surface area contributed by atoms with Crippen molar-refractivity contribution >= 4 is 46.2 Å². The summed E-state index contributed by atoms with van der Waals surface area (Å²) in [7, 11) is 0. The monoisotopic (exact) mass is 485 g/mol. The predicted molar refractivity (Wildman–Crippen MR) is 128 cm³/mol. The summed E-state index contributed by atoms with van der Waals surface area (Å²) in [5.41, 5.74) is 2.27. The lowest BCUT2D eigenvalue weighted by atomic mass is 9.49. The third-order valence-electron chi connectivity index (χ3n) is 7.49. The molecule has 4 saturated carbocycles. The summed E-state index contributed by atoms with van der Waals surface area (Å²) in [5, 5.41) is 13.6. The number of hydrogen-bond acceptors (Lipinski definition) is 5. The molecule has 4 fully saturated rings. The summed E-state index contributed by atoms with van der Waals surface area (Å²) < 4.78 is 2.10. The van der Waals surface area contributed by atoms with Gasteiger partial charge in [0.25, 0.3) is 0 Å². The highest BCUT2D eigenvalue weighted by atomic mass is 35.5. The average molecular weight is 486 g/mol. The molecule has 9 heteroatoms. The number of aromatic amines is 1. The Hall–Kier alpha value is -2.03. The Morgan fingerprint density at radius 2 is 1.84 bits per heavy atom. The molecule has 0 spiro atoms. The van der Waals surface area contributed by atoms with Crippen LogP contribution in [0.4, 0.5) is 5.13 Å². The minimum Gasteiger partial charge on any atom is -0.300 e. The van der Waals surface area contributed by atoms with Gasteiger partial charge in [0, 0.05) is 21.4 Å². The number of halogens is 1. The van der Waals surface area contributed by atoms with E-state index in [9.17, 15) is 4.79 Å². The zero-order valence-corrected chi connectivity index (χ0v) is 19.9. The third kappa shape index (κ3) is 3.62. The smallest absolute Gasteiger partial charge is 0.246 e. The van der Waals surface area contributed by atoms with E-state index in [0.717, 1.165) is 23.3 Å². The van der Waals surface area contributed by atoms with Crippen molar-refractivity contribution in [3.05, 3.63) is 45.1 Å². The first-order valence-corrected chi connectivity index (χ1v) is 12.8. The van der Waals surface area contributed by atoms with Crippen LogP contribution < -0.4 is 5.32 Å². The second-order valence-electron chi connectivity index (χ2n) is 9.73. The fraction of sp³-hybridized carbons (Fsp3) is 0.478. The zero-order chi connectivity index (χ0) is 21.9. The van der Waals surface area contributed by atoms with Crippen LogP contribution in [-0.2, 0) is 16.8 Å². The van der Waals surface area contributed by atoms with Crippen molar-refractivity contribution in [2.45, 2.75) is 50.5 Å². The van der Waals surface area contributed by atoms with Gasteiger partial charge < -0.3 is 5.32 Å². The molecule has 1 amide bonds. The Bertz CT molecular complexity index is 1190. The van der Waals surface area contributed by atoms with Gasteiger partial charge >= 0.3 is 0 Å². The highest BCUT2D eigenvalue weighted by molar-refractivity contribution is 7.71. The lowest BCUT2D eigenvalue weighted by Gasteiger charge is -2.56. The Labute approximate surface area is 200 Å². The second kappa shape index (κ2) is 7.78. The molecule has 32 heavy (non-hydrogen) atoms. The molecule has 4 aliphatic rings. The first-order chi connectivity index (χ1) is 15.5. The van der Waals surface area contributed by atoms with Gasteiger partial charge in [-0.25, -0.2) is 4.98 Å². The quantitative estimate of drug-likeness (QED) is 0.446. The molecule has 3 aromatic rings. The standard InChI is InChI=1S/C23H24ClN5OS2/c24-17-3-1-16(2-4-17)20-27-28-22(31)29(20)11-19(30)26-21-25-18(12-32-21)23-8-13-5-14(9-23)7-15(6-13)10-23/h1-4,12-15H,5-11H2,(H,28,31)(H,25,26,30). The molecule has 166 valence electrons. The van der Waals surface area contributed by atoms with Crippen molar-refractivity contribution < 1.29 is 4.79 Å². The summed E-state index contributed by atoms with van der Waals surface area (Å²) in [4.78, 5) is 17.7. The van der Waals surface area contributed by atoms with Gasteiger partial charge in [-0.1, -0.05) is 11.6 Å². The van der Waals surface area contributed by atoms with Gasteiger partial charge in [-0.3, -0.25) is 14.5 Å². The van der Waals surface area contributed by atoms with Gasteiger partial charge in [-0.05, 0) is 92.8 Å². The molecule has 2 aromatic heterocycles. The van der Waals surface area contributed by atoms with Crippen molar-refractivity contribution in [3.8, 4) is 11.4 Å². The molecule has 2 heterocycles. The molecule has 4 bridgehead atoms. The third-order valence-corrected chi connectivity index (χ3v) is 8.82. The SMILES string of the molecule is O=C(Cn1c(-c2ccc(Cl)cc2)n[nH]c1=S)Nc1nc(C23CC4CC(CC(C4)C2)C3)cs1. The molecular formula is C23H24ClN5OS2. The van der Waals surface area contributed by atoms with Crippen LogP contribution in [0.25, 0.3) is 11.4 Å². The van der Waals surface area contributed by atoms with Gasteiger partial charge in [0.15, 0.2) is 15.7 Å². The van der Waals surface area contributed by atoms with Gasteiger partial charge in [0.05, 0.1) is 5.69 Å². The number of aromatic nitrogens is 4. The highest BCUT2D eigenvalue weighted by Crippen LogP contribution is 2.60. The Morgan fingerprint density at radius 1 is 1.19 bits per heavy atom. The van der Waals surface area contributed by atoms with Gasteiger partial charge in [0.1, 0.15) is 6.54 Å². The molecule has 0 aliphatic heterocycles.